The Hall–Kier alpha value is -2.09. The molecule has 1 radical (unpaired) electrons. The molecular weight excluding hydrogens is 311 g/mol. The first kappa shape index (κ1) is 17.7. The Kier molecular flexibility index (Phi) is 4.49. The molecule has 0 aromatic heterocycles. The van der Waals surface area contributed by atoms with Gasteiger partial charge in [0.15, 0.2) is 5.75 Å². The van der Waals surface area contributed by atoms with E-state index in [9.17, 15) is 9.50 Å². The van der Waals surface area contributed by atoms with Gasteiger partial charge in [0.05, 0.1) is 0 Å². The van der Waals surface area contributed by atoms with Crippen LogP contribution < -0.4 is 0 Å². The normalized spacial score (nSPS) is 18.8. The van der Waals surface area contributed by atoms with E-state index in [2.05, 4.69) is 27.7 Å². The van der Waals surface area contributed by atoms with Crippen molar-refractivity contribution >= 4 is 5.57 Å². The monoisotopic (exact) mass is 337 g/mol. The average molecular weight is 337 g/mol. The largest absolute Gasteiger partial charge is 0.290 e. The molecule has 0 unspecified atom stereocenters. The van der Waals surface area contributed by atoms with Gasteiger partial charge < -0.3 is 0 Å². The third kappa shape index (κ3) is 4.12. The fourth-order valence-corrected chi connectivity index (χ4v) is 4.63. The lowest BCUT2D eigenvalue weighted by atomic mass is 9.62. The smallest absolute Gasteiger partial charge is 0.178 e. The van der Waals surface area contributed by atoms with Crippen LogP contribution in [0.4, 0.5) is 4.39 Å². The molecule has 0 amide bonds. The zero-order chi connectivity index (χ0) is 18.2. The van der Waals surface area contributed by atoms with E-state index in [1.54, 1.807) is 12.1 Å². The Bertz CT molecular complexity index is 714. The number of benzene rings is 2. The minimum Gasteiger partial charge on any atom is -0.290 e. The van der Waals surface area contributed by atoms with Crippen LogP contribution in [0.2, 0.25) is 0 Å². The summed E-state index contributed by atoms with van der Waals surface area (Å²) in [7, 11) is 0. The van der Waals surface area contributed by atoms with Gasteiger partial charge in [-0.1, -0.05) is 57.5 Å². The van der Waals surface area contributed by atoms with Gasteiger partial charge in [0.2, 0.25) is 0 Å². The third-order valence-corrected chi connectivity index (χ3v) is 4.97. The molecule has 0 saturated heterocycles. The summed E-state index contributed by atoms with van der Waals surface area (Å²) >= 11 is 0. The van der Waals surface area contributed by atoms with Crippen LogP contribution in [-0.4, -0.2) is 0 Å². The Labute approximate surface area is 150 Å². The molecule has 1 aliphatic rings. The molecule has 2 heteroatoms. The highest BCUT2D eigenvalue weighted by molar-refractivity contribution is 5.82. The van der Waals surface area contributed by atoms with E-state index in [1.165, 1.54) is 24.1 Å². The van der Waals surface area contributed by atoms with E-state index >= 15 is 0 Å². The second kappa shape index (κ2) is 6.33. The van der Waals surface area contributed by atoms with E-state index in [0.717, 1.165) is 29.5 Å². The summed E-state index contributed by atoms with van der Waals surface area (Å²) in [6, 6.07) is 13.7. The van der Waals surface area contributed by atoms with Gasteiger partial charge in [-0.2, -0.15) is 0 Å². The molecule has 0 spiro atoms. The number of halogens is 1. The van der Waals surface area contributed by atoms with Gasteiger partial charge >= 0.3 is 0 Å². The van der Waals surface area contributed by atoms with Crippen LogP contribution >= 0.6 is 0 Å². The molecule has 1 aliphatic carbocycles. The van der Waals surface area contributed by atoms with Crippen molar-refractivity contribution in [1.29, 1.82) is 0 Å². The van der Waals surface area contributed by atoms with Crippen molar-refractivity contribution in [2.45, 2.75) is 47.0 Å². The van der Waals surface area contributed by atoms with Crippen molar-refractivity contribution in [2.24, 2.45) is 10.8 Å². The van der Waals surface area contributed by atoms with E-state index in [4.69, 9.17) is 0 Å². The van der Waals surface area contributed by atoms with Gasteiger partial charge in [0.1, 0.15) is 5.82 Å². The zero-order valence-corrected chi connectivity index (χ0v) is 15.5. The SMILES string of the molecule is CC1(C)CC(=C(c2ccc([O])cc2)c2ccc(F)cc2)CC(C)(C)C1. The molecule has 131 valence electrons. The molecule has 1 fully saturated rings. The van der Waals surface area contributed by atoms with Gasteiger partial charge in [0, 0.05) is 0 Å². The predicted octanol–water partition coefficient (Wildman–Crippen LogP) is 7.01. The third-order valence-electron chi connectivity index (χ3n) is 4.97. The molecule has 2 aromatic carbocycles. The Balaban J connectivity index is 2.19. The Morgan fingerprint density at radius 3 is 1.72 bits per heavy atom. The first-order valence-electron chi connectivity index (χ1n) is 8.91. The van der Waals surface area contributed by atoms with Crippen molar-refractivity contribution in [3.8, 4) is 5.75 Å². The van der Waals surface area contributed by atoms with E-state index in [0.29, 0.717) is 0 Å². The van der Waals surface area contributed by atoms with Gasteiger partial charge in [0.25, 0.3) is 0 Å². The average Bonchev–Trinajstić information content (AvgIpc) is 2.48. The molecule has 0 aliphatic heterocycles. The molecule has 0 N–H and O–H groups in total. The Morgan fingerprint density at radius 2 is 1.24 bits per heavy atom. The molecule has 3 rings (SSSR count). The standard InChI is InChI=1S/C23H26FO/c1-22(2)13-18(14-23(3,4)15-22)21(16-5-9-19(24)10-6-16)17-7-11-20(25)12-8-17/h5-12H,13-15H2,1-4H3. The van der Waals surface area contributed by atoms with Crippen LogP contribution in [-0.2, 0) is 5.11 Å². The highest BCUT2D eigenvalue weighted by Crippen LogP contribution is 2.50. The number of hydrogen-bond donors (Lipinski definition) is 0. The fourth-order valence-electron chi connectivity index (χ4n) is 4.63. The first-order chi connectivity index (χ1) is 11.7. The maximum absolute atomic E-state index is 13.4. The molecule has 0 atom stereocenters. The second-order valence-corrected chi connectivity index (χ2v) is 8.87. The van der Waals surface area contributed by atoms with Crippen molar-refractivity contribution < 1.29 is 9.50 Å². The van der Waals surface area contributed by atoms with Gasteiger partial charge in [-0.3, -0.25) is 5.11 Å². The predicted molar refractivity (Wildman–Crippen MR) is 100 cm³/mol. The quantitative estimate of drug-likeness (QED) is 0.562. The second-order valence-electron chi connectivity index (χ2n) is 8.87. The Morgan fingerprint density at radius 1 is 0.800 bits per heavy atom. The van der Waals surface area contributed by atoms with Crippen molar-refractivity contribution in [1.82, 2.24) is 0 Å². The van der Waals surface area contributed by atoms with Crippen LogP contribution in [0.15, 0.2) is 54.1 Å². The van der Waals surface area contributed by atoms with Crippen LogP contribution in [0, 0.1) is 16.6 Å². The molecule has 2 aromatic rings. The van der Waals surface area contributed by atoms with E-state index < -0.39 is 0 Å². The molecule has 25 heavy (non-hydrogen) atoms. The summed E-state index contributed by atoms with van der Waals surface area (Å²) in [5, 5.41) is 11.5. The van der Waals surface area contributed by atoms with Crippen LogP contribution in [0.25, 0.3) is 5.57 Å². The maximum Gasteiger partial charge on any atom is 0.178 e. The summed E-state index contributed by atoms with van der Waals surface area (Å²) in [6.07, 6.45) is 3.21. The minimum absolute atomic E-state index is 0.0107. The lowest BCUT2D eigenvalue weighted by molar-refractivity contribution is 0.154. The van der Waals surface area contributed by atoms with Crippen LogP contribution in [0.5, 0.6) is 5.75 Å². The summed E-state index contributed by atoms with van der Waals surface area (Å²) in [5.41, 5.74) is 5.05. The van der Waals surface area contributed by atoms with Crippen molar-refractivity contribution in [3.05, 3.63) is 71.0 Å². The zero-order valence-electron chi connectivity index (χ0n) is 15.5. The molecular formula is C23H26FO. The number of hydrogen-bond acceptors (Lipinski definition) is 0. The fraction of sp³-hybridized carbons (Fsp3) is 0.391. The summed E-state index contributed by atoms with van der Waals surface area (Å²) in [5.74, 6) is -0.219. The lowest BCUT2D eigenvalue weighted by Gasteiger charge is -2.43. The summed E-state index contributed by atoms with van der Waals surface area (Å²) < 4.78 is 13.4. The van der Waals surface area contributed by atoms with E-state index in [1.807, 2.05) is 24.3 Å². The topological polar surface area (TPSA) is 19.9 Å². The van der Waals surface area contributed by atoms with Crippen molar-refractivity contribution in [2.75, 3.05) is 0 Å². The van der Waals surface area contributed by atoms with Gasteiger partial charge in [-0.05, 0) is 71.1 Å². The molecule has 1 saturated carbocycles. The number of allylic oxidation sites excluding steroid dienone is 1. The number of rotatable bonds is 2. The van der Waals surface area contributed by atoms with Crippen molar-refractivity contribution in [3.63, 3.8) is 0 Å². The highest BCUT2D eigenvalue weighted by atomic mass is 19.1. The van der Waals surface area contributed by atoms with Gasteiger partial charge in [-0.25, -0.2) is 4.39 Å². The summed E-state index contributed by atoms with van der Waals surface area (Å²) in [6.45, 7) is 9.27. The molecule has 1 nitrogen and oxygen atoms in total. The van der Waals surface area contributed by atoms with Gasteiger partial charge in [-0.15, -0.1) is 0 Å². The van der Waals surface area contributed by atoms with Crippen LogP contribution in [0.3, 0.4) is 0 Å². The molecule has 0 bridgehead atoms. The lowest BCUT2D eigenvalue weighted by Crippen LogP contribution is -2.30. The van der Waals surface area contributed by atoms with E-state index in [-0.39, 0.29) is 22.4 Å². The van der Waals surface area contributed by atoms with Crippen LogP contribution in [0.1, 0.15) is 58.1 Å². The highest BCUT2D eigenvalue weighted by Gasteiger charge is 2.37. The maximum atomic E-state index is 13.4. The minimum atomic E-state index is -0.229. The summed E-state index contributed by atoms with van der Waals surface area (Å²) in [4.78, 5) is 0. The first-order valence-corrected chi connectivity index (χ1v) is 8.91. The molecule has 0 heterocycles.